The number of nitrogen functional groups attached to an aromatic ring is 1. The van der Waals surface area contributed by atoms with Crippen LogP contribution in [0, 0.1) is 5.92 Å². The second kappa shape index (κ2) is 5.36. The Labute approximate surface area is 102 Å². The quantitative estimate of drug-likeness (QED) is 0.855. The monoisotopic (exact) mass is 235 g/mol. The van der Waals surface area contributed by atoms with Gasteiger partial charge in [0.05, 0.1) is 0 Å². The molecule has 1 aromatic heterocycles. The Hall–Kier alpha value is -1.29. The Bertz CT molecular complexity index is 419. The largest absolute Gasteiger partial charge is 0.398 e. The number of nitrogens with zero attached hydrogens (tertiary/aromatic N) is 2. The molecule has 0 spiro atoms. The minimum Gasteiger partial charge on any atom is -0.398 e. The SMILES string of the molecule is CC1CCN(CCn2cc(N)ccc2=O)CC1. The van der Waals surface area contributed by atoms with E-state index in [1.54, 1.807) is 16.8 Å². The molecule has 1 fully saturated rings. The lowest BCUT2D eigenvalue weighted by molar-refractivity contribution is 0.186. The molecule has 1 aliphatic heterocycles. The first-order valence-corrected chi connectivity index (χ1v) is 6.33. The molecule has 4 nitrogen and oxygen atoms in total. The van der Waals surface area contributed by atoms with Gasteiger partial charge in [-0.25, -0.2) is 0 Å². The van der Waals surface area contributed by atoms with Crippen LogP contribution in [-0.2, 0) is 6.54 Å². The van der Waals surface area contributed by atoms with E-state index < -0.39 is 0 Å². The first-order valence-electron chi connectivity index (χ1n) is 6.33. The Morgan fingerprint density at radius 3 is 2.71 bits per heavy atom. The smallest absolute Gasteiger partial charge is 0.250 e. The molecule has 0 aromatic carbocycles. The van der Waals surface area contributed by atoms with Crippen LogP contribution < -0.4 is 11.3 Å². The van der Waals surface area contributed by atoms with Crippen molar-refractivity contribution < 1.29 is 0 Å². The number of hydrogen-bond donors (Lipinski definition) is 1. The third-order valence-corrected chi connectivity index (χ3v) is 3.54. The van der Waals surface area contributed by atoms with Crippen molar-refractivity contribution in [3.05, 3.63) is 28.7 Å². The predicted molar refractivity (Wildman–Crippen MR) is 70.0 cm³/mol. The van der Waals surface area contributed by atoms with E-state index in [-0.39, 0.29) is 5.56 Å². The summed E-state index contributed by atoms with van der Waals surface area (Å²) in [5.74, 6) is 0.848. The second-order valence-electron chi connectivity index (χ2n) is 5.02. The van der Waals surface area contributed by atoms with Gasteiger partial charge in [0.1, 0.15) is 0 Å². The molecule has 0 aliphatic carbocycles. The summed E-state index contributed by atoms with van der Waals surface area (Å²) in [6, 6.07) is 3.19. The van der Waals surface area contributed by atoms with E-state index in [0.717, 1.165) is 32.1 Å². The zero-order chi connectivity index (χ0) is 12.3. The van der Waals surface area contributed by atoms with Gasteiger partial charge in [0.15, 0.2) is 0 Å². The van der Waals surface area contributed by atoms with E-state index in [1.165, 1.54) is 18.9 Å². The molecule has 0 amide bonds. The van der Waals surface area contributed by atoms with Gasteiger partial charge in [-0.2, -0.15) is 0 Å². The molecular formula is C13H21N3O. The van der Waals surface area contributed by atoms with E-state index in [1.807, 2.05) is 0 Å². The highest BCUT2D eigenvalue weighted by Crippen LogP contribution is 2.15. The summed E-state index contributed by atoms with van der Waals surface area (Å²) in [7, 11) is 0. The standard InChI is InChI=1S/C13H21N3O/c1-11-4-6-15(7-5-11)8-9-16-10-12(14)2-3-13(16)17/h2-3,10-11H,4-9,14H2,1H3. The van der Waals surface area contributed by atoms with Gasteiger partial charge in [-0.1, -0.05) is 6.92 Å². The van der Waals surface area contributed by atoms with Crippen molar-refractivity contribution in [3.8, 4) is 0 Å². The first-order chi connectivity index (χ1) is 8.15. The number of anilines is 1. The molecule has 2 rings (SSSR count). The van der Waals surface area contributed by atoms with E-state index in [0.29, 0.717) is 5.69 Å². The summed E-state index contributed by atoms with van der Waals surface area (Å²) in [4.78, 5) is 14.0. The van der Waals surface area contributed by atoms with Crippen LogP contribution in [0.2, 0.25) is 0 Å². The minimum absolute atomic E-state index is 0.0320. The van der Waals surface area contributed by atoms with Crippen molar-refractivity contribution in [2.45, 2.75) is 26.3 Å². The van der Waals surface area contributed by atoms with Crippen molar-refractivity contribution >= 4 is 5.69 Å². The Morgan fingerprint density at radius 2 is 2.00 bits per heavy atom. The molecule has 2 N–H and O–H groups in total. The fourth-order valence-electron chi connectivity index (χ4n) is 2.26. The van der Waals surface area contributed by atoms with Crippen molar-refractivity contribution in [1.82, 2.24) is 9.47 Å². The molecule has 17 heavy (non-hydrogen) atoms. The van der Waals surface area contributed by atoms with Crippen molar-refractivity contribution in [3.63, 3.8) is 0 Å². The van der Waals surface area contributed by atoms with Crippen molar-refractivity contribution in [2.75, 3.05) is 25.4 Å². The summed E-state index contributed by atoms with van der Waals surface area (Å²) in [6.45, 7) is 6.28. The number of rotatable bonds is 3. The maximum atomic E-state index is 11.6. The molecule has 4 heteroatoms. The number of aromatic nitrogens is 1. The molecule has 1 aliphatic rings. The molecule has 0 atom stereocenters. The Kier molecular flexibility index (Phi) is 3.84. The summed E-state index contributed by atoms with van der Waals surface area (Å²) in [5, 5.41) is 0. The number of nitrogens with two attached hydrogens (primary N) is 1. The van der Waals surface area contributed by atoms with Gasteiger partial charge in [0.25, 0.3) is 5.56 Å². The van der Waals surface area contributed by atoms with Crippen LogP contribution in [0.5, 0.6) is 0 Å². The molecule has 1 saturated heterocycles. The van der Waals surface area contributed by atoms with E-state index in [4.69, 9.17) is 5.73 Å². The van der Waals surface area contributed by atoms with Gasteiger partial charge in [-0.3, -0.25) is 4.79 Å². The number of piperidine rings is 1. The Morgan fingerprint density at radius 1 is 1.29 bits per heavy atom. The molecule has 0 radical (unpaired) electrons. The third kappa shape index (κ3) is 3.33. The lowest BCUT2D eigenvalue weighted by Gasteiger charge is -2.30. The fraction of sp³-hybridized carbons (Fsp3) is 0.615. The van der Waals surface area contributed by atoms with Gasteiger partial charge in [-0.15, -0.1) is 0 Å². The average molecular weight is 235 g/mol. The van der Waals surface area contributed by atoms with Crippen molar-refractivity contribution in [2.24, 2.45) is 5.92 Å². The number of likely N-dealkylation sites (tertiary alicyclic amines) is 1. The van der Waals surface area contributed by atoms with Gasteiger partial charge < -0.3 is 15.2 Å². The highest BCUT2D eigenvalue weighted by molar-refractivity contribution is 5.33. The fourth-order valence-corrected chi connectivity index (χ4v) is 2.26. The molecule has 0 bridgehead atoms. The molecule has 94 valence electrons. The van der Waals surface area contributed by atoms with Crippen LogP contribution in [0.3, 0.4) is 0 Å². The minimum atomic E-state index is 0.0320. The Balaban J connectivity index is 1.89. The summed E-state index contributed by atoms with van der Waals surface area (Å²) >= 11 is 0. The first kappa shape index (κ1) is 12.2. The normalized spacial score (nSPS) is 18.4. The maximum absolute atomic E-state index is 11.6. The van der Waals surface area contributed by atoms with Gasteiger partial charge in [0.2, 0.25) is 0 Å². The highest BCUT2D eigenvalue weighted by Gasteiger charge is 2.15. The van der Waals surface area contributed by atoms with Crippen LogP contribution in [-0.4, -0.2) is 29.1 Å². The zero-order valence-corrected chi connectivity index (χ0v) is 10.4. The highest BCUT2D eigenvalue weighted by atomic mass is 16.1. The molecule has 0 saturated carbocycles. The van der Waals surface area contributed by atoms with Crippen LogP contribution >= 0.6 is 0 Å². The van der Waals surface area contributed by atoms with Gasteiger partial charge >= 0.3 is 0 Å². The van der Waals surface area contributed by atoms with Crippen LogP contribution in [0.15, 0.2) is 23.1 Å². The topological polar surface area (TPSA) is 51.3 Å². The molecule has 1 aromatic rings. The average Bonchev–Trinajstić information content (AvgIpc) is 2.32. The summed E-state index contributed by atoms with van der Waals surface area (Å²) in [6.07, 6.45) is 4.27. The van der Waals surface area contributed by atoms with Crippen LogP contribution in [0.4, 0.5) is 5.69 Å². The number of pyridine rings is 1. The molecule has 2 heterocycles. The van der Waals surface area contributed by atoms with E-state index >= 15 is 0 Å². The van der Waals surface area contributed by atoms with E-state index in [2.05, 4.69) is 11.8 Å². The second-order valence-corrected chi connectivity index (χ2v) is 5.02. The van der Waals surface area contributed by atoms with Gasteiger partial charge in [0, 0.05) is 31.0 Å². The lowest BCUT2D eigenvalue weighted by Crippen LogP contribution is -2.36. The third-order valence-electron chi connectivity index (χ3n) is 3.54. The predicted octanol–water partition coefficient (Wildman–Crippen LogP) is 1.16. The van der Waals surface area contributed by atoms with Gasteiger partial charge in [-0.05, 0) is 37.9 Å². The summed E-state index contributed by atoms with van der Waals surface area (Å²) in [5.41, 5.74) is 6.36. The maximum Gasteiger partial charge on any atom is 0.250 e. The summed E-state index contributed by atoms with van der Waals surface area (Å²) < 4.78 is 1.70. The molecular weight excluding hydrogens is 214 g/mol. The molecule has 0 unspecified atom stereocenters. The van der Waals surface area contributed by atoms with Crippen molar-refractivity contribution in [1.29, 1.82) is 0 Å². The lowest BCUT2D eigenvalue weighted by atomic mass is 9.99. The van der Waals surface area contributed by atoms with E-state index in [9.17, 15) is 4.79 Å². The number of hydrogen-bond acceptors (Lipinski definition) is 3. The van der Waals surface area contributed by atoms with Crippen LogP contribution in [0.1, 0.15) is 19.8 Å². The van der Waals surface area contributed by atoms with Crippen LogP contribution in [0.25, 0.3) is 0 Å². The zero-order valence-electron chi connectivity index (χ0n) is 10.4.